The summed E-state index contributed by atoms with van der Waals surface area (Å²) in [4.78, 5) is 5.21. The second kappa shape index (κ2) is 6.97. The molecule has 2 heterocycles. The number of rotatable bonds is 4. The third kappa shape index (κ3) is 3.46. The first-order valence-electron chi connectivity index (χ1n) is 6.97. The molecule has 0 aliphatic heterocycles. The Morgan fingerprint density at radius 2 is 2.26 bits per heavy atom. The first-order valence-corrected chi connectivity index (χ1v) is 8.64. The van der Waals surface area contributed by atoms with E-state index in [1.54, 1.807) is 35.4 Å². The smallest absolute Gasteiger partial charge is 0.206 e. The van der Waals surface area contributed by atoms with E-state index < -0.39 is 0 Å². The summed E-state index contributed by atoms with van der Waals surface area (Å²) in [6, 6.07) is 8.90. The van der Waals surface area contributed by atoms with Crippen molar-refractivity contribution in [1.29, 1.82) is 0 Å². The maximum absolute atomic E-state index is 9.93. The van der Waals surface area contributed by atoms with Crippen LogP contribution in [0.3, 0.4) is 0 Å². The zero-order chi connectivity index (χ0) is 16.2. The number of phenolic OH excluding ortho intramolecular Hbond substituents is 1. The summed E-state index contributed by atoms with van der Waals surface area (Å²) < 4.78 is 8.05. The maximum atomic E-state index is 9.93. The average Bonchev–Trinajstić information content (AvgIpc) is 3.18. The number of hydrogen-bond acceptors (Lipinski definition) is 5. The Bertz CT molecular complexity index is 894. The van der Waals surface area contributed by atoms with Crippen LogP contribution in [0.15, 0.2) is 61.0 Å². The van der Waals surface area contributed by atoms with Gasteiger partial charge in [-0.25, -0.2) is 4.68 Å². The molecule has 0 bridgehead atoms. The molecule has 3 rings (SSSR count). The van der Waals surface area contributed by atoms with E-state index in [-0.39, 0.29) is 5.75 Å². The summed E-state index contributed by atoms with van der Waals surface area (Å²) in [6.07, 6.45) is 3.23. The molecule has 7 heteroatoms. The Morgan fingerprint density at radius 3 is 3.00 bits per heavy atom. The highest BCUT2D eigenvalue weighted by Crippen LogP contribution is 2.22. The molecule has 0 fully saturated rings. The van der Waals surface area contributed by atoms with Crippen LogP contribution in [-0.2, 0) is 0 Å². The standard InChI is InChI=1S/C16H14BrN3O2S/c1-2-18-16-20(13(10-23-16)15-4-3-7-22-15)19-9-11-8-12(17)5-6-14(11)21/h3-10,21H,2H2,1H3. The largest absolute Gasteiger partial charge is 0.507 e. The van der Waals surface area contributed by atoms with Gasteiger partial charge in [-0.3, -0.25) is 4.99 Å². The monoisotopic (exact) mass is 391 g/mol. The van der Waals surface area contributed by atoms with E-state index in [1.807, 2.05) is 24.4 Å². The molecule has 0 aliphatic rings. The average molecular weight is 392 g/mol. The van der Waals surface area contributed by atoms with Crippen molar-refractivity contribution in [2.75, 3.05) is 6.54 Å². The van der Waals surface area contributed by atoms with Crippen molar-refractivity contribution in [1.82, 2.24) is 4.68 Å². The van der Waals surface area contributed by atoms with E-state index in [9.17, 15) is 5.11 Å². The molecule has 0 aliphatic carbocycles. The highest BCUT2D eigenvalue weighted by atomic mass is 79.9. The lowest BCUT2D eigenvalue weighted by Crippen LogP contribution is -2.12. The number of thiazole rings is 1. The fraction of sp³-hybridized carbons (Fsp3) is 0.125. The second-order valence-electron chi connectivity index (χ2n) is 4.61. The normalized spacial score (nSPS) is 12.3. The highest BCUT2D eigenvalue weighted by molar-refractivity contribution is 9.10. The fourth-order valence-corrected chi connectivity index (χ4v) is 3.26. The lowest BCUT2D eigenvalue weighted by molar-refractivity contribution is 0.474. The van der Waals surface area contributed by atoms with Crippen molar-refractivity contribution in [3.63, 3.8) is 0 Å². The van der Waals surface area contributed by atoms with E-state index in [0.717, 1.165) is 20.7 Å². The molecule has 0 spiro atoms. The molecular weight excluding hydrogens is 378 g/mol. The van der Waals surface area contributed by atoms with Crippen LogP contribution in [0.5, 0.6) is 5.75 Å². The SMILES string of the molecule is CCN=c1scc(-c2ccco2)n1N=Cc1cc(Br)ccc1O. The summed E-state index contributed by atoms with van der Waals surface area (Å²) in [5.41, 5.74) is 1.43. The summed E-state index contributed by atoms with van der Waals surface area (Å²) >= 11 is 4.88. The van der Waals surface area contributed by atoms with Crippen molar-refractivity contribution in [2.45, 2.75) is 6.92 Å². The Kier molecular flexibility index (Phi) is 4.78. The number of hydrogen-bond donors (Lipinski definition) is 1. The molecule has 0 saturated carbocycles. The van der Waals surface area contributed by atoms with Gasteiger partial charge in [0, 0.05) is 22.0 Å². The van der Waals surface area contributed by atoms with Gasteiger partial charge in [0.1, 0.15) is 11.4 Å². The van der Waals surface area contributed by atoms with Gasteiger partial charge in [-0.1, -0.05) is 15.9 Å². The topological polar surface area (TPSA) is 63.0 Å². The van der Waals surface area contributed by atoms with E-state index in [0.29, 0.717) is 12.1 Å². The predicted molar refractivity (Wildman–Crippen MR) is 94.9 cm³/mol. The Morgan fingerprint density at radius 1 is 1.39 bits per heavy atom. The molecule has 1 aromatic carbocycles. The first-order chi connectivity index (χ1) is 11.2. The third-order valence-electron chi connectivity index (χ3n) is 3.05. The molecule has 23 heavy (non-hydrogen) atoms. The quantitative estimate of drug-likeness (QED) is 0.680. The zero-order valence-electron chi connectivity index (χ0n) is 12.3. The molecular formula is C16H14BrN3O2S. The number of aromatic nitrogens is 1. The summed E-state index contributed by atoms with van der Waals surface area (Å²) in [7, 11) is 0. The van der Waals surface area contributed by atoms with E-state index in [2.05, 4.69) is 26.0 Å². The molecule has 118 valence electrons. The van der Waals surface area contributed by atoms with Crippen molar-refractivity contribution >= 4 is 33.5 Å². The van der Waals surface area contributed by atoms with Gasteiger partial charge in [0.05, 0.1) is 12.5 Å². The first kappa shape index (κ1) is 15.8. The van der Waals surface area contributed by atoms with Gasteiger partial charge < -0.3 is 9.52 Å². The number of phenols is 1. The minimum atomic E-state index is 0.168. The van der Waals surface area contributed by atoms with Crippen LogP contribution in [0.1, 0.15) is 12.5 Å². The lowest BCUT2D eigenvalue weighted by atomic mass is 10.2. The van der Waals surface area contributed by atoms with E-state index >= 15 is 0 Å². The Balaban J connectivity index is 2.08. The Hall–Kier alpha value is -2.12. The summed E-state index contributed by atoms with van der Waals surface area (Å²) in [5.74, 6) is 0.885. The van der Waals surface area contributed by atoms with Gasteiger partial charge in [-0.2, -0.15) is 5.10 Å². The van der Waals surface area contributed by atoms with Crippen LogP contribution < -0.4 is 4.80 Å². The van der Waals surface area contributed by atoms with Crippen molar-refractivity contribution in [2.24, 2.45) is 10.1 Å². The van der Waals surface area contributed by atoms with E-state index in [4.69, 9.17) is 4.42 Å². The van der Waals surface area contributed by atoms with Gasteiger partial charge >= 0.3 is 0 Å². The maximum Gasteiger partial charge on any atom is 0.206 e. The molecule has 1 N–H and O–H groups in total. The minimum Gasteiger partial charge on any atom is -0.507 e. The van der Waals surface area contributed by atoms with Gasteiger partial charge in [0.25, 0.3) is 0 Å². The number of nitrogens with zero attached hydrogens (tertiary/aromatic N) is 3. The molecule has 0 saturated heterocycles. The molecule has 5 nitrogen and oxygen atoms in total. The summed E-state index contributed by atoms with van der Waals surface area (Å²) in [6.45, 7) is 2.64. The fourth-order valence-electron chi connectivity index (χ4n) is 2.00. The highest BCUT2D eigenvalue weighted by Gasteiger charge is 2.09. The number of furan rings is 1. The van der Waals surface area contributed by atoms with Crippen LogP contribution in [-0.4, -0.2) is 22.5 Å². The van der Waals surface area contributed by atoms with Gasteiger partial charge in [0.15, 0.2) is 5.76 Å². The van der Waals surface area contributed by atoms with Crippen molar-refractivity contribution < 1.29 is 9.52 Å². The molecule has 0 atom stereocenters. The number of benzene rings is 1. The van der Waals surface area contributed by atoms with Crippen molar-refractivity contribution in [3.8, 4) is 17.2 Å². The molecule has 0 unspecified atom stereocenters. The Labute approximate surface area is 145 Å². The molecule has 3 aromatic rings. The summed E-state index contributed by atoms with van der Waals surface area (Å²) in [5, 5.41) is 16.4. The molecule has 0 amide bonds. The van der Waals surface area contributed by atoms with Gasteiger partial charge in [0.2, 0.25) is 4.80 Å². The van der Waals surface area contributed by atoms with Crippen LogP contribution in [0.4, 0.5) is 0 Å². The second-order valence-corrected chi connectivity index (χ2v) is 6.37. The van der Waals surface area contributed by atoms with Crippen LogP contribution in [0, 0.1) is 0 Å². The zero-order valence-corrected chi connectivity index (χ0v) is 14.7. The van der Waals surface area contributed by atoms with Gasteiger partial charge in [-0.15, -0.1) is 11.3 Å². The minimum absolute atomic E-state index is 0.168. The predicted octanol–water partition coefficient (Wildman–Crippen LogP) is 4.08. The molecule has 0 radical (unpaired) electrons. The van der Waals surface area contributed by atoms with Crippen LogP contribution in [0.2, 0.25) is 0 Å². The number of aromatic hydroxyl groups is 1. The lowest BCUT2D eigenvalue weighted by Gasteiger charge is -2.02. The third-order valence-corrected chi connectivity index (χ3v) is 4.40. The van der Waals surface area contributed by atoms with Gasteiger partial charge in [-0.05, 0) is 37.3 Å². The van der Waals surface area contributed by atoms with Crippen molar-refractivity contribution in [3.05, 3.63) is 56.8 Å². The van der Waals surface area contributed by atoms with E-state index in [1.165, 1.54) is 11.3 Å². The number of halogens is 1. The van der Waals surface area contributed by atoms with Crippen LogP contribution in [0.25, 0.3) is 11.5 Å². The van der Waals surface area contributed by atoms with Crippen LogP contribution >= 0.6 is 27.3 Å². The molecule has 2 aromatic heterocycles.